The van der Waals surface area contributed by atoms with Gasteiger partial charge in [0.25, 0.3) is 0 Å². The second-order valence-electron chi connectivity index (χ2n) is 10.5. The number of hydrogen-bond donors (Lipinski definition) is 1. The molecule has 1 saturated heterocycles. The summed E-state index contributed by atoms with van der Waals surface area (Å²) in [5, 5.41) is 3.45. The van der Waals surface area contributed by atoms with Crippen molar-refractivity contribution in [2.45, 2.75) is 38.3 Å². The van der Waals surface area contributed by atoms with Crippen molar-refractivity contribution < 1.29 is 0 Å². The molecular weight excluding hydrogens is 498 g/mol. The van der Waals surface area contributed by atoms with Crippen LogP contribution in [0.4, 0.5) is 17.5 Å². The molecule has 40 heavy (non-hydrogen) atoms. The summed E-state index contributed by atoms with van der Waals surface area (Å²) >= 11 is 0. The van der Waals surface area contributed by atoms with Crippen LogP contribution < -0.4 is 15.1 Å². The molecule has 5 aromatic rings. The van der Waals surface area contributed by atoms with Crippen LogP contribution in [-0.2, 0) is 6.54 Å². The van der Waals surface area contributed by atoms with Gasteiger partial charge in [-0.2, -0.15) is 9.97 Å². The number of para-hydroxylation sites is 1. The van der Waals surface area contributed by atoms with E-state index in [4.69, 9.17) is 19.9 Å². The summed E-state index contributed by atoms with van der Waals surface area (Å²) < 4.78 is 2.30. The summed E-state index contributed by atoms with van der Waals surface area (Å²) in [5.41, 5.74) is 5.62. The van der Waals surface area contributed by atoms with Gasteiger partial charge in [0.05, 0.1) is 24.3 Å². The van der Waals surface area contributed by atoms with Crippen molar-refractivity contribution in [2.24, 2.45) is 0 Å². The predicted molar refractivity (Wildman–Crippen MR) is 158 cm³/mol. The number of fused-ring (bicyclic) bond motifs is 1. The smallest absolute Gasteiger partial charge is 0.229 e. The lowest BCUT2D eigenvalue weighted by Crippen LogP contribution is -2.44. The van der Waals surface area contributed by atoms with Gasteiger partial charge in [0.1, 0.15) is 0 Å². The molecule has 0 spiro atoms. The lowest BCUT2D eigenvalue weighted by Gasteiger charge is -2.30. The first-order chi connectivity index (χ1) is 19.8. The number of pyridine rings is 2. The molecule has 7 rings (SSSR count). The molecule has 0 unspecified atom stereocenters. The normalized spacial score (nSPS) is 16.1. The van der Waals surface area contributed by atoms with Crippen LogP contribution in [0.3, 0.4) is 0 Å². The summed E-state index contributed by atoms with van der Waals surface area (Å²) in [6.07, 6.45) is 10.6. The van der Waals surface area contributed by atoms with Crippen molar-refractivity contribution in [1.82, 2.24) is 34.8 Å². The third-order valence-electron chi connectivity index (χ3n) is 7.93. The van der Waals surface area contributed by atoms with Crippen molar-refractivity contribution in [3.63, 3.8) is 0 Å². The van der Waals surface area contributed by atoms with E-state index in [0.29, 0.717) is 12.6 Å². The van der Waals surface area contributed by atoms with Gasteiger partial charge >= 0.3 is 0 Å². The Bertz CT molecular complexity index is 1560. The molecule has 0 amide bonds. The highest BCUT2D eigenvalue weighted by atomic mass is 15.3. The summed E-state index contributed by atoms with van der Waals surface area (Å²) in [6, 6.07) is 20.9. The first-order valence-corrected chi connectivity index (χ1v) is 14.2. The zero-order chi connectivity index (χ0) is 26.7. The van der Waals surface area contributed by atoms with Crippen molar-refractivity contribution >= 4 is 28.6 Å². The molecule has 2 fully saturated rings. The molecule has 1 N–H and O–H groups in total. The average Bonchev–Trinajstić information content (AvgIpc) is 3.72. The highest BCUT2D eigenvalue weighted by molar-refractivity contribution is 5.88. The van der Waals surface area contributed by atoms with Crippen LogP contribution in [0.5, 0.6) is 0 Å². The Kier molecular flexibility index (Phi) is 6.79. The predicted octanol–water partition coefficient (Wildman–Crippen LogP) is 5.15. The molecule has 5 heterocycles. The van der Waals surface area contributed by atoms with Crippen molar-refractivity contribution in [3.05, 3.63) is 84.9 Å². The molecule has 9 nitrogen and oxygen atoms in total. The van der Waals surface area contributed by atoms with E-state index in [-0.39, 0.29) is 0 Å². The summed E-state index contributed by atoms with van der Waals surface area (Å²) in [6.45, 7) is 4.22. The first kappa shape index (κ1) is 24.7. The zero-order valence-electron chi connectivity index (χ0n) is 22.5. The number of rotatable bonds is 7. The van der Waals surface area contributed by atoms with E-state index in [9.17, 15) is 0 Å². The van der Waals surface area contributed by atoms with E-state index in [0.717, 1.165) is 71.7 Å². The molecule has 1 saturated carbocycles. The Morgan fingerprint density at radius 2 is 1.62 bits per heavy atom. The maximum absolute atomic E-state index is 5.21. The van der Waals surface area contributed by atoms with Gasteiger partial charge in [0.2, 0.25) is 5.95 Å². The highest BCUT2D eigenvalue weighted by Crippen LogP contribution is 2.36. The summed E-state index contributed by atoms with van der Waals surface area (Å²) in [7, 11) is 0. The third kappa shape index (κ3) is 4.88. The average molecular weight is 532 g/mol. The Hall–Kier alpha value is -4.37. The molecular formula is C31H33N9. The highest BCUT2D eigenvalue weighted by Gasteiger charge is 2.26. The number of nitrogens with zero attached hydrogens (tertiary/aromatic N) is 8. The minimum atomic E-state index is 0.442. The molecule has 0 radical (unpaired) electrons. The minimum absolute atomic E-state index is 0.442. The van der Waals surface area contributed by atoms with Crippen molar-refractivity contribution in [3.8, 4) is 11.4 Å². The fourth-order valence-corrected chi connectivity index (χ4v) is 5.80. The lowest BCUT2D eigenvalue weighted by molar-refractivity contribution is 0.528. The monoisotopic (exact) mass is 531 g/mol. The topological polar surface area (TPSA) is 87.9 Å². The van der Waals surface area contributed by atoms with Gasteiger partial charge in [-0.25, -0.2) is 4.98 Å². The number of nitrogens with one attached hydrogen (secondary N) is 1. The molecule has 0 bridgehead atoms. The van der Waals surface area contributed by atoms with E-state index in [1.165, 1.54) is 25.7 Å². The second-order valence-corrected chi connectivity index (χ2v) is 10.5. The number of aromatic nitrogens is 6. The van der Waals surface area contributed by atoms with Crippen molar-refractivity contribution in [1.29, 1.82) is 0 Å². The summed E-state index contributed by atoms with van der Waals surface area (Å²) in [5.74, 6) is 1.60. The Morgan fingerprint density at radius 1 is 0.825 bits per heavy atom. The van der Waals surface area contributed by atoms with E-state index in [1.807, 2.05) is 42.9 Å². The third-order valence-corrected chi connectivity index (χ3v) is 7.93. The van der Waals surface area contributed by atoms with Gasteiger partial charge in [0.15, 0.2) is 17.0 Å². The number of benzene rings is 1. The van der Waals surface area contributed by atoms with E-state index in [2.05, 4.69) is 55.0 Å². The van der Waals surface area contributed by atoms with Crippen LogP contribution in [0, 0.1) is 0 Å². The van der Waals surface area contributed by atoms with Crippen LogP contribution in [0.25, 0.3) is 22.6 Å². The zero-order valence-corrected chi connectivity index (χ0v) is 22.5. The maximum atomic E-state index is 5.21. The van der Waals surface area contributed by atoms with Gasteiger partial charge in [-0.3, -0.25) is 9.97 Å². The molecule has 1 aromatic carbocycles. The fourth-order valence-electron chi connectivity index (χ4n) is 5.80. The quantitative estimate of drug-likeness (QED) is 0.309. The van der Waals surface area contributed by atoms with Crippen LogP contribution >= 0.6 is 0 Å². The molecule has 1 aliphatic heterocycles. The number of hydrogen-bond acceptors (Lipinski definition) is 8. The van der Waals surface area contributed by atoms with Gasteiger partial charge in [-0.1, -0.05) is 43.2 Å². The van der Waals surface area contributed by atoms with E-state index >= 15 is 0 Å². The molecule has 4 aromatic heterocycles. The number of anilines is 3. The van der Waals surface area contributed by atoms with Crippen LogP contribution in [0.1, 0.15) is 37.3 Å². The van der Waals surface area contributed by atoms with Crippen molar-refractivity contribution in [2.75, 3.05) is 36.0 Å². The van der Waals surface area contributed by atoms with Crippen LogP contribution in [0.2, 0.25) is 0 Å². The Labute approximate surface area is 234 Å². The molecule has 1 aliphatic carbocycles. The number of imidazole rings is 1. The fraction of sp³-hybridized carbons (Fsp3) is 0.323. The minimum Gasteiger partial charge on any atom is -0.338 e. The summed E-state index contributed by atoms with van der Waals surface area (Å²) in [4.78, 5) is 29.0. The molecule has 0 atom stereocenters. The Balaban J connectivity index is 1.32. The Morgan fingerprint density at radius 3 is 2.38 bits per heavy atom. The lowest BCUT2D eigenvalue weighted by atomic mass is 10.2. The molecule has 9 heteroatoms. The first-order valence-electron chi connectivity index (χ1n) is 14.2. The molecule has 2 aliphatic rings. The van der Waals surface area contributed by atoms with Crippen LogP contribution in [-0.4, -0.2) is 55.7 Å². The molecule has 202 valence electrons. The largest absolute Gasteiger partial charge is 0.338 e. The maximum Gasteiger partial charge on any atom is 0.229 e. The van der Waals surface area contributed by atoms with Gasteiger partial charge in [-0.05, 0) is 48.7 Å². The van der Waals surface area contributed by atoms with Gasteiger partial charge < -0.3 is 19.7 Å². The second kappa shape index (κ2) is 11.0. The van der Waals surface area contributed by atoms with Gasteiger partial charge in [0, 0.05) is 50.3 Å². The standard InChI is InChI=1S/C31H33N9/c1-2-8-24(9-3-1)39(21-23-13-14-27(34-20-23)26-12-6-7-15-33-26)29-28-30(40(22-35-28)25-10-4-5-11-25)37-31(36-29)38-18-16-32-17-19-38/h1-3,6-9,12-15,20,22,25,32H,4-5,10-11,16-19,21H2. The number of piperazine rings is 1. The van der Waals surface area contributed by atoms with Crippen LogP contribution in [0.15, 0.2) is 79.4 Å². The van der Waals surface area contributed by atoms with E-state index < -0.39 is 0 Å². The van der Waals surface area contributed by atoms with E-state index in [1.54, 1.807) is 6.20 Å². The van der Waals surface area contributed by atoms with Gasteiger partial charge in [-0.15, -0.1) is 0 Å². The SMILES string of the molecule is c1ccc(N(Cc2ccc(-c3ccccn3)nc2)c2nc(N3CCNCC3)nc3c2ncn3C2CCCC2)cc1.